The van der Waals surface area contributed by atoms with Crippen molar-refractivity contribution in [1.82, 2.24) is 15.0 Å². The van der Waals surface area contributed by atoms with E-state index >= 15 is 0 Å². The molecule has 0 radical (unpaired) electrons. The molecule has 0 saturated heterocycles. The van der Waals surface area contributed by atoms with Gasteiger partial charge in [0.15, 0.2) is 5.82 Å². The number of aromatic nitrogens is 3. The number of para-hydroxylation sites is 1. The summed E-state index contributed by atoms with van der Waals surface area (Å²) in [6.45, 7) is 4.36. The van der Waals surface area contributed by atoms with Crippen LogP contribution in [-0.2, 0) is 6.54 Å². The molecule has 3 aromatic rings. The molecule has 4 nitrogen and oxygen atoms in total. The Hall–Kier alpha value is -1.85. The quantitative estimate of drug-likeness (QED) is 0.773. The molecular weight excluding hydrogens is 328 g/mol. The lowest BCUT2D eigenvalue weighted by Crippen LogP contribution is -2.08. The number of hydrogen-bond donors (Lipinski definition) is 1. The Balaban J connectivity index is 2.22. The summed E-state index contributed by atoms with van der Waals surface area (Å²) in [5.41, 5.74) is 10.2. The van der Waals surface area contributed by atoms with Crippen molar-refractivity contribution in [1.29, 1.82) is 0 Å². The van der Waals surface area contributed by atoms with Gasteiger partial charge >= 0.3 is 0 Å². The predicted octanol–water partition coefficient (Wildman–Crippen LogP) is 3.53. The highest BCUT2D eigenvalue weighted by molar-refractivity contribution is 9.10. The molecule has 0 aliphatic rings. The van der Waals surface area contributed by atoms with Gasteiger partial charge in [0.25, 0.3) is 0 Å². The average Bonchev–Trinajstić information content (AvgIpc) is 2.46. The van der Waals surface area contributed by atoms with Gasteiger partial charge in [-0.3, -0.25) is 0 Å². The van der Waals surface area contributed by atoms with E-state index in [-0.39, 0.29) is 0 Å². The Kier molecular flexibility index (Phi) is 3.69. The highest BCUT2D eigenvalue weighted by atomic mass is 79.9. The SMILES string of the molecule is Cc1nc(-c2nc3ccccc3cc2Br)nc(C)c1CN. The Morgan fingerprint density at radius 1 is 1.05 bits per heavy atom. The third-order valence-corrected chi connectivity index (χ3v) is 4.12. The highest BCUT2D eigenvalue weighted by Gasteiger charge is 2.13. The summed E-state index contributed by atoms with van der Waals surface area (Å²) in [6.07, 6.45) is 0. The van der Waals surface area contributed by atoms with Gasteiger partial charge in [-0.15, -0.1) is 0 Å². The number of hydrogen-bond acceptors (Lipinski definition) is 4. The van der Waals surface area contributed by atoms with E-state index in [0.717, 1.165) is 38.0 Å². The zero-order valence-corrected chi connectivity index (χ0v) is 13.5. The van der Waals surface area contributed by atoms with Crippen LogP contribution in [0.3, 0.4) is 0 Å². The van der Waals surface area contributed by atoms with Crippen LogP contribution in [0.4, 0.5) is 0 Å². The fourth-order valence-electron chi connectivity index (χ4n) is 2.39. The van der Waals surface area contributed by atoms with Crippen molar-refractivity contribution in [3.63, 3.8) is 0 Å². The standard InChI is InChI=1S/C16H15BrN4/c1-9-12(8-18)10(2)20-16(19-9)15-13(17)7-11-5-3-4-6-14(11)21-15/h3-7H,8,18H2,1-2H3. The fraction of sp³-hybridized carbons (Fsp3) is 0.188. The molecule has 5 heteroatoms. The van der Waals surface area contributed by atoms with Gasteiger partial charge in [0.2, 0.25) is 0 Å². The van der Waals surface area contributed by atoms with Crippen LogP contribution in [0.1, 0.15) is 17.0 Å². The first-order valence-electron chi connectivity index (χ1n) is 6.70. The fourth-order valence-corrected chi connectivity index (χ4v) is 2.90. The van der Waals surface area contributed by atoms with Gasteiger partial charge < -0.3 is 5.73 Å². The molecule has 0 aliphatic carbocycles. The van der Waals surface area contributed by atoms with Crippen molar-refractivity contribution in [3.8, 4) is 11.5 Å². The van der Waals surface area contributed by atoms with Gasteiger partial charge in [0.1, 0.15) is 5.69 Å². The number of nitrogens with zero attached hydrogens (tertiary/aromatic N) is 3. The molecule has 0 aliphatic heterocycles. The van der Waals surface area contributed by atoms with Gasteiger partial charge in [0, 0.05) is 33.4 Å². The zero-order chi connectivity index (χ0) is 15.0. The molecule has 0 fully saturated rings. The molecule has 3 rings (SSSR count). The van der Waals surface area contributed by atoms with Crippen molar-refractivity contribution in [2.24, 2.45) is 5.73 Å². The second kappa shape index (κ2) is 5.50. The molecule has 0 bridgehead atoms. The van der Waals surface area contributed by atoms with Crippen LogP contribution in [-0.4, -0.2) is 15.0 Å². The topological polar surface area (TPSA) is 64.7 Å². The summed E-state index contributed by atoms with van der Waals surface area (Å²) in [5.74, 6) is 0.625. The normalized spacial score (nSPS) is 11.0. The number of pyridine rings is 1. The van der Waals surface area contributed by atoms with Crippen molar-refractivity contribution in [3.05, 3.63) is 51.8 Å². The summed E-state index contributed by atoms with van der Waals surface area (Å²) in [7, 11) is 0. The van der Waals surface area contributed by atoms with E-state index in [4.69, 9.17) is 5.73 Å². The number of benzene rings is 1. The number of halogens is 1. The van der Waals surface area contributed by atoms with E-state index in [0.29, 0.717) is 12.4 Å². The highest BCUT2D eigenvalue weighted by Crippen LogP contribution is 2.28. The smallest absolute Gasteiger partial charge is 0.179 e. The average molecular weight is 343 g/mol. The molecule has 0 unspecified atom stereocenters. The second-order valence-electron chi connectivity index (χ2n) is 4.91. The lowest BCUT2D eigenvalue weighted by atomic mass is 10.1. The van der Waals surface area contributed by atoms with Crippen LogP contribution in [0.2, 0.25) is 0 Å². The Morgan fingerprint density at radius 3 is 2.38 bits per heavy atom. The molecule has 0 spiro atoms. The van der Waals surface area contributed by atoms with Crippen LogP contribution in [0.5, 0.6) is 0 Å². The largest absolute Gasteiger partial charge is 0.326 e. The van der Waals surface area contributed by atoms with Crippen LogP contribution in [0.25, 0.3) is 22.4 Å². The summed E-state index contributed by atoms with van der Waals surface area (Å²) < 4.78 is 0.889. The van der Waals surface area contributed by atoms with E-state index in [2.05, 4.69) is 30.9 Å². The van der Waals surface area contributed by atoms with E-state index in [9.17, 15) is 0 Å². The van der Waals surface area contributed by atoms with Crippen LogP contribution < -0.4 is 5.73 Å². The van der Waals surface area contributed by atoms with E-state index in [1.165, 1.54) is 0 Å². The van der Waals surface area contributed by atoms with Crippen molar-refractivity contribution in [2.75, 3.05) is 0 Å². The monoisotopic (exact) mass is 342 g/mol. The maximum absolute atomic E-state index is 5.74. The number of aryl methyl sites for hydroxylation is 2. The Labute approximate surface area is 131 Å². The number of rotatable bonds is 2. The van der Waals surface area contributed by atoms with Gasteiger partial charge in [-0.05, 0) is 41.9 Å². The minimum atomic E-state index is 0.449. The van der Waals surface area contributed by atoms with Crippen molar-refractivity contribution in [2.45, 2.75) is 20.4 Å². The van der Waals surface area contributed by atoms with Gasteiger partial charge in [-0.2, -0.15) is 0 Å². The van der Waals surface area contributed by atoms with Crippen LogP contribution in [0.15, 0.2) is 34.8 Å². The summed E-state index contributed by atoms with van der Waals surface area (Å²) >= 11 is 3.57. The van der Waals surface area contributed by atoms with Gasteiger partial charge in [-0.1, -0.05) is 18.2 Å². The Bertz CT molecular complexity index is 807. The predicted molar refractivity (Wildman–Crippen MR) is 87.8 cm³/mol. The number of fused-ring (bicyclic) bond motifs is 1. The molecule has 2 heterocycles. The van der Waals surface area contributed by atoms with E-state index in [1.807, 2.05) is 44.2 Å². The molecule has 0 atom stereocenters. The summed E-state index contributed by atoms with van der Waals surface area (Å²) in [5, 5.41) is 1.08. The third-order valence-electron chi connectivity index (χ3n) is 3.51. The molecule has 0 amide bonds. The Morgan fingerprint density at radius 2 is 1.71 bits per heavy atom. The summed E-state index contributed by atoms with van der Waals surface area (Å²) in [4.78, 5) is 13.8. The first-order chi connectivity index (χ1) is 10.1. The molecule has 0 saturated carbocycles. The van der Waals surface area contributed by atoms with Crippen molar-refractivity contribution < 1.29 is 0 Å². The third kappa shape index (κ3) is 2.54. The first kappa shape index (κ1) is 14.1. The van der Waals surface area contributed by atoms with Gasteiger partial charge in [0.05, 0.1) is 5.52 Å². The minimum Gasteiger partial charge on any atom is -0.326 e. The molecular formula is C16H15BrN4. The molecule has 106 valence electrons. The second-order valence-corrected chi connectivity index (χ2v) is 5.77. The maximum Gasteiger partial charge on any atom is 0.179 e. The first-order valence-corrected chi connectivity index (χ1v) is 7.49. The van der Waals surface area contributed by atoms with Crippen LogP contribution in [0, 0.1) is 13.8 Å². The van der Waals surface area contributed by atoms with Crippen LogP contribution >= 0.6 is 15.9 Å². The van der Waals surface area contributed by atoms with Gasteiger partial charge in [-0.25, -0.2) is 15.0 Å². The molecule has 1 aromatic carbocycles. The van der Waals surface area contributed by atoms with E-state index in [1.54, 1.807) is 0 Å². The lowest BCUT2D eigenvalue weighted by Gasteiger charge is -2.10. The van der Waals surface area contributed by atoms with E-state index < -0.39 is 0 Å². The lowest BCUT2D eigenvalue weighted by molar-refractivity contribution is 0.935. The van der Waals surface area contributed by atoms with Crippen molar-refractivity contribution >= 4 is 26.8 Å². The zero-order valence-electron chi connectivity index (χ0n) is 11.9. The maximum atomic E-state index is 5.74. The molecule has 2 aromatic heterocycles. The molecule has 21 heavy (non-hydrogen) atoms. The minimum absolute atomic E-state index is 0.449. The summed E-state index contributed by atoms with van der Waals surface area (Å²) in [6, 6.07) is 10.0. The number of nitrogens with two attached hydrogens (primary N) is 1. The molecule has 2 N–H and O–H groups in total.